The van der Waals surface area contributed by atoms with Crippen LogP contribution < -0.4 is 5.32 Å². The lowest BCUT2D eigenvalue weighted by Crippen LogP contribution is -2.34. The van der Waals surface area contributed by atoms with E-state index >= 15 is 0 Å². The summed E-state index contributed by atoms with van der Waals surface area (Å²) in [6.45, 7) is 1.40. The first kappa shape index (κ1) is 28.4. The molecule has 2 aromatic heterocycles. The zero-order chi connectivity index (χ0) is 29.2. The summed E-state index contributed by atoms with van der Waals surface area (Å²) >= 11 is 0. The Morgan fingerprint density at radius 1 is 1.10 bits per heavy atom. The smallest absolute Gasteiger partial charge is 0.384 e. The van der Waals surface area contributed by atoms with Gasteiger partial charge in [0.05, 0.1) is 40.4 Å². The number of carbonyl (C=O) groups is 2. The lowest BCUT2D eigenvalue weighted by molar-refractivity contribution is -0.138. The summed E-state index contributed by atoms with van der Waals surface area (Å²) in [6.07, 6.45) is -4.65. The number of aliphatic hydroxyl groups excluding tert-OH is 1. The van der Waals surface area contributed by atoms with Crippen molar-refractivity contribution in [3.8, 4) is 22.5 Å². The molecule has 1 unspecified atom stereocenters. The van der Waals surface area contributed by atoms with Gasteiger partial charge in [0.25, 0.3) is 11.8 Å². The highest BCUT2D eigenvalue weighted by Crippen LogP contribution is 2.38. The Bertz CT molecular complexity index is 1550. The van der Waals surface area contributed by atoms with E-state index in [2.05, 4.69) is 15.4 Å². The van der Waals surface area contributed by atoms with E-state index in [0.717, 1.165) is 6.07 Å². The molecule has 0 aliphatic rings. The molecule has 1 atom stereocenters. The van der Waals surface area contributed by atoms with E-state index in [1.807, 2.05) is 0 Å². The number of benzene rings is 2. The number of alkyl halides is 3. The molecule has 2 heterocycles. The molecule has 4 rings (SSSR count). The van der Waals surface area contributed by atoms with E-state index in [0.29, 0.717) is 17.0 Å². The van der Waals surface area contributed by atoms with Gasteiger partial charge in [-0.3, -0.25) is 14.3 Å². The van der Waals surface area contributed by atoms with Crippen molar-refractivity contribution in [2.24, 2.45) is 7.05 Å². The quantitative estimate of drug-likeness (QED) is 0.316. The second kappa shape index (κ2) is 11.3. The Kier molecular flexibility index (Phi) is 8.01. The third-order valence-electron chi connectivity index (χ3n) is 6.03. The number of rotatable bonds is 7. The number of carbonyl (C=O) groups excluding carboxylic acids is 2. The first-order chi connectivity index (χ1) is 18.8. The van der Waals surface area contributed by atoms with E-state index in [1.54, 1.807) is 30.3 Å². The largest absolute Gasteiger partial charge is 0.417 e. The number of aromatic nitrogens is 3. The molecule has 0 saturated heterocycles. The number of nitrogens with one attached hydrogen (secondary N) is 1. The minimum Gasteiger partial charge on any atom is -0.384 e. The third-order valence-corrected chi connectivity index (χ3v) is 6.03. The molecule has 208 valence electrons. The minimum atomic E-state index is -4.88. The molecule has 4 aromatic rings. The minimum absolute atomic E-state index is 0.0543. The highest BCUT2D eigenvalue weighted by atomic mass is 19.4. The number of nitrogens with zero attached hydrogens (tertiary/aromatic N) is 4. The van der Waals surface area contributed by atoms with Crippen LogP contribution in [0.4, 0.5) is 23.2 Å². The molecule has 2 amide bonds. The average molecular weight is 556 g/mol. The van der Waals surface area contributed by atoms with Crippen LogP contribution >= 0.6 is 0 Å². The number of likely N-dealkylation sites (N-methyl/N-ethyl adjacent to an activating group) is 1. The standard InChI is InChI=1S/C28H25F4N5O3/c1-16(38)27(40)36(2)15-18-9-10-24(25(33-18)17-7-5-4-6-8-17)34-26(39)20-13-19(23-11-12-37(3)35-23)21(14-22(20)29)28(30,31)32/h4-14,16,38H,15H2,1-3H3,(H,34,39). The van der Waals surface area contributed by atoms with Crippen LogP contribution in [0.15, 0.2) is 66.9 Å². The van der Waals surface area contributed by atoms with Gasteiger partial charge >= 0.3 is 6.18 Å². The van der Waals surface area contributed by atoms with Crippen molar-refractivity contribution in [3.05, 3.63) is 89.5 Å². The SMILES string of the molecule is CC(O)C(=O)N(C)Cc1ccc(NC(=O)c2cc(-c3ccn(C)n3)c(C(F)(F)F)cc2F)c(-c2ccccc2)n1. The van der Waals surface area contributed by atoms with Crippen molar-refractivity contribution in [2.45, 2.75) is 25.7 Å². The molecule has 0 aliphatic carbocycles. The van der Waals surface area contributed by atoms with Gasteiger partial charge in [-0.1, -0.05) is 30.3 Å². The lowest BCUT2D eigenvalue weighted by Gasteiger charge is -2.20. The van der Waals surface area contributed by atoms with Gasteiger partial charge in [-0.15, -0.1) is 0 Å². The summed E-state index contributed by atoms with van der Waals surface area (Å²) in [4.78, 5) is 31.2. The molecule has 0 bridgehead atoms. The zero-order valence-electron chi connectivity index (χ0n) is 21.7. The van der Waals surface area contributed by atoms with Gasteiger partial charge in [0.2, 0.25) is 0 Å². The van der Waals surface area contributed by atoms with Gasteiger partial charge in [-0.2, -0.15) is 18.3 Å². The van der Waals surface area contributed by atoms with Crippen molar-refractivity contribution >= 4 is 17.5 Å². The van der Waals surface area contributed by atoms with Crippen LogP contribution in [0.1, 0.15) is 28.5 Å². The summed E-state index contributed by atoms with van der Waals surface area (Å²) in [7, 11) is 3.02. The number of amides is 2. The molecule has 8 nitrogen and oxygen atoms in total. The fourth-order valence-corrected chi connectivity index (χ4v) is 4.09. The molecule has 0 aliphatic heterocycles. The summed E-state index contributed by atoms with van der Waals surface area (Å²) in [5, 5.41) is 16.1. The topological polar surface area (TPSA) is 100 Å². The molecule has 12 heteroatoms. The second-order valence-corrected chi connectivity index (χ2v) is 9.14. The van der Waals surface area contributed by atoms with Crippen molar-refractivity contribution in [2.75, 3.05) is 12.4 Å². The van der Waals surface area contributed by atoms with Gasteiger partial charge < -0.3 is 15.3 Å². The van der Waals surface area contributed by atoms with Crippen LogP contribution in [0.5, 0.6) is 0 Å². The number of pyridine rings is 1. The summed E-state index contributed by atoms with van der Waals surface area (Å²) in [5.41, 5.74) is -0.897. The first-order valence-corrected chi connectivity index (χ1v) is 12.1. The number of aliphatic hydroxyl groups is 1. The molecule has 0 radical (unpaired) electrons. The lowest BCUT2D eigenvalue weighted by atomic mass is 9.99. The van der Waals surface area contributed by atoms with E-state index < -0.39 is 46.6 Å². The van der Waals surface area contributed by atoms with E-state index in [9.17, 15) is 32.3 Å². The predicted molar refractivity (Wildman–Crippen MR) is 139 cm³/mol. The summed E-state index contributed by atoms with van der Waals surface area (Å²) in [6, 6.07) is 14.2. The number of hydrogen-bond acceptors (Lipinski definition) is 5. The van der Waals surface area contributed by atoms with Crippen LogP contribution in [-0.4, -0.2) is 49.7 Å². The van der Waals surface area contributed by atoms with Gasteiger partial charge in [-0.25, -0.2) is 9.37 Å². The predicted octanol–water partition coefficient (Wildman–Crippen LogP) is 4.90. The van der Waals surface area contributed by atoms with E-state index in [-0.39, 0.29) is 24.0 Å². The van der Waals surface area contributed by atoms with Crippen LogP contribution in [0.3, 0.4) is 0 Å². The normalized spacial score (nSPS) is 12.2. The van der Waals surface area contributed by atoms with Crippen molar-refractivity contribution in [1.82, 2.24) is 19.7 Å². The van der Waals surface area contributed by atoms with Crippen LogP contribution in [0.2, 0.25) is 0 Å². The van der Waals surface area contributed by atoms with Gasteiger partial charge in [0.15, 0.2) is 0 Å². The van der Waals surface area contributed by atoms with Crippen molar-refractivity contribution in [3.63, 3.8) is 0 Å². The number of halogens is 4. The Balaban J connectivity index is 1.73. The van der Waals surface area contributed by atoms with E-state index in [1.165, 1.54) is 55.0 Å². The molecular weight excluding hydrogens is 530 g/mol. The Labute approximate surface area is 226 Å². The average Bonchev–Trinajstić information content (AvgIpc) is 3.34. The number of hydrogen-bond donors (Lipinski definition) is 2. The molecule has 0 spiro atoms. The molecule has 0 saturated carbocycles. The molecule has 40 heavy (non-hydrogen) atoms. The van der Waals surface area contributed by atoms with Crippen molar-refractivity contribution in [1.29, 1.82) is 0 Å². The van der Waals surface area contributed by atoms with Crippen LogP contribution in [0.25, 0.3) is 22.5 Å². The van der Waals surface area contributed by atoms with Crippen molar-refractivity contribution < 1.29 is 32.3 Å². The first-order valence-electron chi connectivity index (χ1n) is 12.1. The Morgan fingerprint density at radius 2 is 1.80 bits per heavy atom. The van der Waals surface area contributed by atoms with E-state index in [4.69, 9.17) is 0 Å². The fourth-order valence-electron chi connectivity index (χ4n) is 4.09. The molecular formula is C28H25F4N5O3. The molecule has 2 N–H and O–H groups in total. The second-order valence-electron chi connectivity index (χ2n) is 9.14. The summed E-state index contributed by atoms with van der Waals surface area (Å²) in [5.74, 6) is -2.85. The highest BCUT2D eigenvalue weighted by Gasteiger charge is 2.36. The van der Waals surface area contributed by atoms with Gasteiger partial charge in [0.1, 0.15) is 11.9 Å². The summed E-state index contributed by atoms with van der Waals surface area (Å²) < 4.78 is 57.4. The highest BCUT2D eigenvalue weighted by molar-refractivity contribution is 6.07. The Hall–Kier alpha value is -4.58. The molecule has 0 fully saturated rings. The fraction of sp³-hybridized carbons (Fsp3) is 0.214. The van der Waals surface area contributed by atoms with Crippen LogP contribution in [0, 0.1) is 5.82 Å². The maximum atomic E-state index is 14.9. The maximum absolute atomic E-state index is 14.9. The molecule has 2 aromatic carbocycles. The van der Waals surface area contributed by atoms with Gasteiger partial charge in [0, 0.05) is 31.4 Å². The van der Waals surface area contributed by atoms with Gasteiger partial charge in [-0.05, 0) is 37.3 Å². The monoisotopic (exact) mass is 555 g/mol. The third kappa shape index (κ3) is 6.18. The maximum Gasteiger partial charge on any atom is 0.417 e. The number of anilines is 1. The zero-order valence-corrected chi connectivity index (χ0v) is 21.7. The Morgan fingerprint density at radius 3 is 2.40 bits per heavy atom. The number of aryl methyl sites for hydroxylation is 1. The van der Waals surface area contributed by atoms with Crippen LogP contribution in [-0.2, 0) is 24.6 Å².